The molecule has 10 nitrogen and oxygen atoms in total. The minimum absolute atomic E-state index is 0.0533. The summed E-state index contributed by atoms with van der Waals surface area (Å²) >= 11 is 0. The normalized spacial score (nSPS) is 16.3. The van der Waals surface area contributed by atoms with Crippen molar-refractivity contribution in [1.29, 1.82) is 0 Å². The minimum atomic E-state index is 0.0533. The van der Waals surface area contributed by atoms with Gasteiger partial charge in [0.05, 0.1) is 35.7 Å². The summed E-state index contributed by atoms with van der Waals surface area (Å²) in [6.07, 6.45) is 12.4. The van der Waals surface area contributed by atoms with Crippen LogP contribution in [0.3, 0.4) is 0 Å². The molecule has 0 radical (unpaired) electrons. The summed E-state index contributed by atoms with van der Waals surface area (Å²) < 4.78 is 7.57. The number of likely N-dealkylation sites (N-methyl/N-ethyl adjacent to an activating group) is 1. The van der Waals surface area contributed by atoms with Crippen LogP contribution in [-0.4, -0.2) is 42.4 Å². The highest BCUT2D eigenvalue weighted by molar-refractivity contribution is 5.88. The van der Waals surface area contributed by atoms with E-state index in [0.29, 0.717) is 29.6 Å². The number of nitrogens with zero attached hydrogens (tertiary/aromatic N) is 3. The first-order valence-electron chi connectivity index (χ1n) is 15.0. The van der Waals surface area contributed by atoms with E-state index < -0.39 is 0 Å². The quantitative estimate of drug-likeness (QED) is 0.172. The van der Waals surface area contributed by atoms with Crippen molar-refractivity contribution in [2.45, 2.75) is 39.7 Å². The smallest absolute Gasteiger partial charge is 0.254 e. The van der Waals surface area contributed by atoms with E-state index in [1.807, 2.05) is 43.6 Å². The molecule has 1 aliphatic heterocycles. The third-order valence-corrected chi connectivity index (χ3v) is 7.86. The number of anilines is 1. The Morgan fingerprint density at radius 3 is 2.55 bits per heavy atom. The fraction of sp³-hybridized carbons (Fsp3) is 0.353. The van der Waals surface area contributed by atoms with E-state index in [2.05, 4.69) is 41.5 Å². The lowest BCUT2D eigenvalue weighted by Crippen LogP contribution is -2.49. The Morgan fingerprint density at radius 1 is 1.16 bits per heavy atom. The van der Waals surface area contributed by atoms with Crippen LogP contribution in [0.15, 0.2) is 99.2 Å². The van der Waals surface area contributed by atoms with Gasteiger partial charge in [0.1, 0.15) is 5.75 Å². The van der Waals surface area contributed by atoms with Gasteiger partial charge in [-0.3, -0.25) is 14.7 Å². The van der Waals surface area contributed by atoms with Gasteiger partial charge in [-0.15, -0.1) is 0 Å². The van der Waals surface area contributed by atoms with Crippen molar-refractivity contribution in [3.63, 3.8) is 0 Å². The number of para-hydroxylation sites is 1. The Kier molecular flexibility index (Phi) is 10.7. The molecule has 8 N–H and O–H groups in total. The average molecular weight is 599 g/mol. The summed E-state index contributed by atoms with van der Waals surface area (Å²) in [5.74, 6) is 1.11. The molecule has 44 heavy (non-hydrogen) atoms. The van der Waals surface area contributed by atoms with Gasteiger partial charge in [-0.2, -0.15) is 0 Å². The minimum Gasteiger partial charge on any atom is -0.494 e. The number of allylic oxidation sites excluding steroid dienone is 5. The lowest BCUT2D eigenvalue weighted by Gasteiger charge is -2.39. The number of ether oxygens (including phenoxy) is 1. The van der Waals surface area contributed by atoms with E-state index in [9.17, 15) is 4.79 Å². The number of aliphatic imine (C=N–C) groups is 1. The zero-order valence-corrected chi connectivity index (χ0v) is 26.5. The molecule has 2 aliphatic rings. The fourth-order valence-electron chi connectivity index (χ4n) is 5.23. The van der Waals surface area contributed by atoms with Crippen LogP contribution in [0.4, 0.5) is 5.69 Å². The Bertz CT molecular complexity index is 1590. The predicted octanol–water partition coefficient (Wildman–Crippen LogP) is 3.90. The first-order valence-corrected chi connectivity index (χ1v) is 15.0. The van der Waals surface area contributed by atoms with Crippen LogP contribution in [0.25, 0.3) is 5.57 Å². The standard InChI is InChI=1S/C34H46N8O2/c1-6-7-10-24(18-39-22(2)26-20-42(21-26)19-25-11-9-16-41(4)34(25)43)27-12-8-13-28(33(27)44-5)40-29(17-30(35)36)31(37)32(38-3)23-14-15-23/h7-13,16-18,26,38,40H,6,14-15,19-21,35-37H2,1-5H3/b10-7+,24-18+,31-29+,39-22?. The third kappa shape index (κ3) is 7.82. The van der Waals surface area contributed by atoms with E-state index in [1.165, 1.54) is 5.57 Å². The molecule has 10 heteroatoms. The summed E-state index contributed by atoms with van der Waals surface area (Å²) in [6.45, 7) is 6.53. The molecule has 1 aromatic heterocycles. The second-order valence-corrected chi connectivity index (χ2v) is 11.2. The molecule has 0 bridgehead atoms. The second kappa shape index (κ2) is 14.7. The molecule has 1 aliphatic carbocycles. The molecule has 0 unspecified atom stereocenters. The molecule has 2 fully saturated rings. The topological polar surface area (TPSA) is 149 Å². The van der Waals surface area contributed by atoms with Crippen molar-refractivity contribution in [2.24, 2.45) is 35.2 Å². The lowest BCUT2D eigenvalue weighted by molar-refractivity contribution is 0.132. The second-order valence-electron chi connectivity index (χ2n) is 11.2. The summed E-state index contributed by atoms with van der Waals surface area (Å²) in [4.78, 5) is 19.6. The van der Waals surface area contributed by atoms with E-state index >= 15 is 0 Å². The Hall–Kier alpha value is -4.70. The summed E-state index contributed by atoms with van der Waals surface area (Å²) in [5, 5.41) is 6.63. The molecular weight excluding hydrogens is 552 g/mol. The summed E-state index contributed by atoms with van der Waals surface area (Å²) in [7, 11) is 5.28. The maximum Gasteiger partial charge on any atom is 0.254 e. The monoisotopic (exact) mass is 598 g/mol. The van der Waals surface area contributed by atoms with Gasteiger partial charge < -0.3 is 37.1 Å². The number of methoxy groups -OCH3 is 1. The molecule has 0 spiro atoms. The van der Waals surface area contributed by atoms with E-state index in [1.54, 1.807) is 31.0 Å². The van der Waals surface area contributed by atoms with Crippen molar-refractivity contribution in [3.05, 3.63) is 111 Å². The molecular formula is C34H46N8O2. The van der Waals surface area contributed by atoms with Crippen LogP contribution >= 0.6 is 0 Å². The number of nitrogens with one attached hydrogen (secondary N) is 2. The number of aryl methyl sites for hydroxylation is 1. The van der Waals surface area contributed by atoms with Crippen LogP contribution in [0, 0.1) is 5.92 Å². The first kappa shape index (κ1) is 32.2. The van der Waals surface area contributed by atoms with Crippen LogP contribution in [0.5, 0.6) is 5.75 Å². The molecule has 234 valence electrons. The number of nitrogens with two attached hydrogens (primary N) is 3. The Labute approximate surface area is 260 Å². The molecule has 0 amide bonds. The highest BCUT2D eigenvalue weighted by Gasteiger charge is 2.29. The van der Waals surface area contributed by atoms with Gasteiger partial charge in [0.25, 0.3) is 5.56 Å². The van der Waals surface area contributed by atoms with Crippen molar-refractivity contribution < 1.29 is 4.74 Å². The maximum absolute atomic E-state index is 12.4. The van der Waals surface area contributed by atoms with E-state index in [-0.39, 0.29) is 11.4 Å². The van der Waals surface area contributed by atoms with Crippen molar-refractivity contribution in [1.82, 2.24) is 14.8 Å². The van der Waals surface area contributed by atoms with Gasteiger partial charge in [0, 0.05) is 80.5 Å². The van der Waals surface area contributed by atoms with Crippen molar-refractivity contribution in [3.8, 4) is 5.75 Å². The number of likely N-dealkylation sites (tertiary alicyclic amines) is 1. The number of hydrogen-bond acceptors (Lipinski definition) is 9. The number of hydrogen-bond donors (Lipinski definition) is 5. The highest BCUT2D eigenvalue weighted by atomic mass is 16.5. The first-order chi connectivity index (χ1) is 21.2. The molecule has 2 heterocycles. The third-order valence-electron chi connectivity index (χ3n) is 7.86. The summed E-state index contributed by atoms with van der Waals surface area (Å²) in [6, 6.07) is 9.72. The van der Waals surface area contributed by atoms with Crippen LogP contribution in [0.2, 0.25) is 0 Å². The highest BCUT2D eigenvalue weighted by Crippen LogP contribution is 2.37. The van der Waals surface area contributed by atoms with Gasteiger partial charge >= 0.3 is 0 Å². The van der Waals surface area contributed by atoms with Crippen molar-refractivity contribution >= 4 is 17.0 Å². The molecule has 1 saturated carbocycles. The van der Waals surface area contributed by atoms with Gasteiger partial charge in [-0.05, 0) is 43.9 Å². The SMILES string of the molecule is CC/C=C/C(=C\N=C(C)C1CN(Cc2cccn(C)c2=O)C1)c1cccc(N/C(C=C(N)N)=C(/N)C(NC)=C2CC2)c1OC. The predicted molar refractivity (Wildman–Crippen MR) is 181 cm³/mol. The average Bonchev–Trinajstić information content (AvgIpc) is 3.81. The zero-order valence-electron chi connectivity index (χ0n) is 26.5. The van der Waals surface area contributed by atoms with E-state index in [4.69, 9.17) is 26.9 Å². The molecule has 4 rings (SSSR count). The fourth-order valence-corrected chi connectivity index (χ4v) is 5.23. The number of rotatable bonds is 13. The zero-order chi connectivity index (χ0) is 31.8. The van der Waals surface area contributed by atoms with Crippen LogP contribution in [-0.2, 0) is 13.6 Å². The lowest BCUT2D eigenvalue weighted by atomic mass is 9.94. The van der Waals surface area contributed by atoms with Gasteiger partial charge in [-0.25, -0.2) is 0 Å². The van der Waals surface area contributed by atoms with E-state index in [0.717, 1.165) is 66.1 Å². The Balaban J connectivity index is 1.60. The largest absolute Gasteiger partial charge is 0.494 e. The molecule has 0 atom stereocenters. The van der Waals surface area contributed by atoms with Crippen LogP contribution < -0.4 is 38.1 Å². The van der Waals surface area contributed by atoms with Gasteiger partial charge in [0.2, 0.25) is 0 Å². The maximum atomic E-state index is 12.4. The number of aromatic nitrogens is 1. The van der Waals surface area contributed by atoms with Gasteiger partial charge in [0.15, 0.2) is 0 Å². The van der Waals surface area contributed by atoms with Crippen LogP contribution in [0.1, 0.15) is 44.2 Å². The molecule has 1 saturated heterocycles. The number of pyridine rings is 1. The van der Waals surface area contributed by atoms with Crippen molar-refractivity contribution in [2.75, 3.05) is 32.6 Å². The molecule has 1 aromatic carbocycles. The number of benzene rings is 1. The molecule has 2 aromatic rings. The summed E-state index contributed by atoms with van der Waals surface area (Å²) in [5.41, 5.74) is 26.0. The Morgan fingerprint density at radius 2 is 1.91 bits per heavy atom. The van der Waals surface area contributed by atoms with Gasteiger partial charge in [-0.1, -0.05) is 37.3 Å².